The van der Waals surface area contributed by atoms with Crippen LogP contribution in [0, 0.1) is 16.0 Å². The van der Waals surface area contributed by atoms with Gasteiger partial charge in [0, 0.05) is 6.61 Å². The van der Waals surface area contributed by atoms with Gasteiger partial charge < -0.3 is 15.8 Å². The summed E-state index contributed by atoms with van der Waals surface area (Å²) < 4.78 is 5.71. The van der Waals surface area contributed by atoms with Crippen molar-refractivity contribution in [3.63, 3.8) is 0 Å². The topological polar surface area (TPSA) is 103 Å². The Hall–Kier alpha value is -1.89. The van der Waals surface area contributed by atoms with Gasteiger partial charge in [0.2, 0.25) is 0 Å². The molecule has 2 unspecified atom stereocenters. The molecule has 1 aliphatic carbocycles. The van der Waals surface area contributed by atoms with Gasteiger partial charge in [-0.25, -0.2) is 4.98 Å². The number of pyridine rings is 1. The molecule has 102 valence electrons. The van der Waals surface area contributed by atoms with E-state index in [4.69, 9.17) is 10.5 Å². The van der Waals surface area contributed by atoms with Gasteiger partial charge in [0.1, 0.15) is 11.6 Å². The predicted molar refractivity (Wildman–Crippen MR) is 69.8 cm³/mol. The Kier molecular flexibility index (Phi) is 2.98. The number of nitrogens with zero attached hydrogens (tertiary/aromatic N) is 2. The summed E-state index contributed by atoms with van der Waals surface area (Å²) in [6, 6.07) is 2.84. The minimum atomic E-state index is -0.466. The fourth-order valence-electron chi connectivity index (χ4n) is 2.56. The third kappa shape index (κ3) is 2.60. The molecule has 1 saturated carbocycles. The lowest BCUT2D eigenvalue weighted by Gasteiger charge is -2.19. The van der Waals surface area contributed by atoms with Gasteiger partial charge in [-0.05, 0) is 25.2 Å². The summed E-state index contributed by atoms with van der Waals surface area (Å²) in [4.78, 5) is 14.4. The number of nitrogen functional groups attached to an aromatic ring is 1. The molecular formula is C12H16N4O3. The molecule has 2 fully saturated rings. The molecule has 2 aliphatic rings. The Balaban J connectivity index is 1.76. The van der Waals surface area contributed by atoms with Crippen LogP contribution >= 0.6 is 0 Å². The van der Waals surface area contributed by atoms with Gasteiger partial charge in [-0.15, -0.1) is 0 Å². The lowest BCUT2D eigenvalue weighted by molar-refractivity contribution is -0.384. The Morgan fingerprint density at radius 2 is 2.21 bits per heavy atom. The van der Waals surface area contributed by atoms with E-state index in [0.29, 0.717) is 11.7 Å². The Bertz CT molecular complexity index is 504. The maximum absolute atomic E-state index is 10.8. The number of hydrogen-bond donors (Lipinski definition) is 2. The first-order valence-corrected chi connectivity index (χ1v) is 6.43. The smallest absolute Gasteiger partial charge is 0.276 e. The van der Waals surface area contributed by atoms with Crippen LogP contribution in [0.1, 0.15) is 19.3 Å². The van der Waals surface area contributed by atoms with E-state index in [1.165, 1.54) is 25.0 Å². The van der Waals surface area contributed by atoms with E-state index in [9.17, 15) is 10.1 Å². The molecule has 1 aromatic rings. The summed E-state index contributed by atoms with van der Waals surface area (Å²) in [6.07, 6.45) is 3.49. The molecule has 1 aliphatic heterocycles. The second-order valence-corrected chi connectivity index (χ2v) is 5.10. The fraction of sp³-hybridized carbons (Fsp3) is 0.583. The zero-order valence-corrected chi connectivity index (χ0v) is 10.4. The number of rotatable bonds is 4. The van der Waals surface area contributed by atoms with E-state index in [1.807, 2.05) is 0 Å². The first kappa shape index (κ1) is 12.2. The summed E-state index contributed by atoms with van der Waals surface area (Å²) in [5, 5.41) is 14.0. The molecule has 1 aromatic heterocycles. The van der Waals surface area contributed by atoms with Crippen LogP contribution in [0.5, 0.6) is 0 Å². The van der Waals surface area contributed by atoms with Crippen LogP contribution < -0.4 is 11.1 Å². The Morgan fingerprint density at radius 1 is 1.42 bits per heavy atom. The summed E-state index contributed by atoms with van der Waals surface area (Å²) >= 11 is 0. The van der Waals surface area contributed by atoms with Crippen molar-refractivity contribution < 1.29 is 9.66 Å². The quantitative estimate of drug-likeness (QED) is 0.631. The van der Waals surface area contributed by atoms with Crippen LogP contribution in [0.3, 0.4) is 0 Å². The molecule has 1 saturated heterocycles. The number of nitrogens with one attached hydrogen (secondary N) is 1. The molecule has 0 amide bonds. The Morgan fingerprint density at radius 3 is 2.89 bits per heavy atom. The SMILES string of the molecule is Nc1cc([N+](=O)[O-])cc(NC2CCOC2C2CC2)n1. The molecule has 7 nitrogen and oxygen atoms in total. The monoisotopic (exact) mass is 264 g/mol. The first-order chi connectivity index (χ1) is 9.13. The molecule has 0 radical (unpaired) electrons. The summed E-state index contributed by atoms with van der Waals surface area (Å²) in [5.74, 6) is 1.22. The third-order valence-corrected chi connectivity index (χ3v) is 3.60. The van der Waals surface area contributed by atoms with E-state index < -0.39 is 4.92 Å². The normalized spacial score (nSPS) is 26.3. The molecule has 2 atom stereocenters. The van der Waals surface area contributed by atoms with Gasteiger partial charge in [-0.3, -0.25) is 10.1 Å². The van der Waals surface area contributed by atoms with Crippen molar-refractivity contribution in [2.75, 3.05) is 17.7 Å². The average Bonchev–Trinajstić information content (AvgIpc) is 3.10. The number of anilines is 2. The zero-order valence-electron chi connectivity index (χ0n) is 10.4. The average molecular weight is 264 g/mol. The molecule has 0 spiro atoms. The highest BCUT2D eigenvalue weighted by molar-refractivity contribution is 5.53. The summed E-state index contributed by atoms with van der Waals surface area (Å²) in [6.45, 7) is 0.725. The number of aromatic nitrogens is 1. The zero-order chi connectivity index (χ0) is 13.4. The highest BCUT2D eigenvalue weighted by Crippen LogP contribution is 2.39. The largest absolute Gasteiger partial charge is 0.383 e. The lowest BCUT2D eigenvalue weighted by atomic mass is 10.1. The Labute approximate surface area is 110 Å². The first-order valence-electron chi connectivity index (χ1n) is 6.43. The summed E-state index contributed by atoms with van der Waals surface area (Å²) in [7, 11) is 0. The van der Waals surface area contributed by atoms with Crippen LogP contribution in [0.25, 0.3) is 0 Å². The lowest BCUT2D eigenvalue weighted by Crippen LogP contribution is -2.31. The number of nitrogens with two attached hydrogens (primary N) is 1. The van der Waals surface area contributed by atoms with Gasteiger partial charge >= 0.3 is 0 Å². The molecule has 7 heteroatoms. The molecule has 2 heterocycles. The van der Waals surface area contributed by atoms with Gasteiger partial charge in [-0.2, -0.15) is 0 Å². The van der Waals surface area contributed by atoms with Gasteiger partial charge in [0.15, 0.2) is 0 Å². The molecule has 0 aromatic carbocycles. The van der Waals surface area contributed by atoms with Crippen molar-refractivity contribution in [2.24, 2.45) is 5.92 Å². The molecule has 3 N–H and O–H groups in total. The van der Waals surface area contributed by atoms with Crippen LogP contribution in [0.2, 0.25) is 0 Å². The molecular weight excluding hydrogens is 248 g/mol. The van der Waals surface area contributed by atoms with Crippen molar-refractivity contribution in [2.45, 2.75) is 31.4 Å². The highest BCUT2D eigenvalue weighted by Gasteiger charge is 2.40. The van der Waals surface area contributed by atoms with Crippen LogP contribution in [-0.4, -0.2) is 28.7 Å². The summed E-state index contributed by atoms with van der Waals surface area (Å²) in [5.41, 5.74) is 5.55. The number of hydrogen-bond acceptors (Lipinski definition) is 6. The standard InChI is InChI=1S/C12H16N4O3/c13-10-5-8(16(17)18)6-11(15-10)14-9-3-4-19-12(9)7-1-2-7/h5-7,9,12H,1-4H2,(H3,13,14,15). The number of ether oxygens (including phenoxy) is 1. The van der Waals surface area contributed by atoms with E-state index >= 15 is 0 Å². The molecule has 0 bridgehead atoms. The second-order valence-electron chi connectivity index (χ2n) is 5.10. The van der Waals surface area contributed by atoms with E-state index in [2.05, 4.69) is 10.3 Å². The van der Waals surface area contributed by atoms with Gasteiger partial charge in [-0.1, -0.05) is 0 Å². The number of nitro groups is 1. The van der Waals surface area contributed by atoms with Crippen LogP contribution in [-0.2, 0) is 4.74 Å². The van der Waals surface area contributed by atoms with Crippen molar-refractivity contribution in [1.82, 2.24) is 4.98 Å². The minimum absolute atomic E-state index is 0.0445. The maximum atomic E-state index is 10.8. The van der Waals surface area contributed by atoms with Crippen LogP contribution in [0.4, 0.5) is 17.3 Å². The predicted octanol–water partition coefficient (Wildman–Crippen LogP) is 1.55. The second kappa shape index (κ2) is 4.65. The third-order valence-electron chi connectivity index (χ3n) is 3.60. The van der Waals surface area contributed by atoms with Gasteiger partial charge in [0.05, 0.1) is 29.2 Å². The molecule has 3 rings (SSSR count). The van der Waals surface area contributed by atoms with E-state index in [-0.39, 0.29) is 23.7 Å². The minimum Gasteiger partial charge on any atom is -0.383 e. The molecule has 19 heavy (non-hydrogen) atoms. The van der Waals surface area contributed by atoms with Crippen LogP contribution in [0.15, 0.2) is 12.1 Å². The fourth-order valence-corrected chi connectivity index (χ4v) is 2.56. The highest BCUT2D eigenvalue weighted by atomic mass is 16.6. The van der Waals surface area contributed by atoms with E-state index in [1.54, 1.807) is 0 Å². The van der Waals surface area contributed by atoms with Crippen molar-refractivity contribution in [3.05, 3.63) is 22.2 Å². The van der Waals surface area contributed by atoms with Gasteiger partial charge in [0.25, 0.3) is 5.69 Å². The maximum Gasteiger partial charge on any atom is 0.276 e. The van der Waals surface area contributed by atoms with Crippen molar-refractivity contribution in [3.8, 4) is 0 Å². The van der Waals surface area contributed by atoms with E-state index in [0.717, 1.165) is 13.0 Å². The van der Waals surface area contributed by atoms with Crippen molar-refractivity contribution in [1.29, 1.82) is 0 Å². The van der Waals surface area contributed by atoms with Crippen molar-refractivity contribution >= 4 is 17.3 Å².